The fraction of sp³-hybridized carbons (Fsp3) is 0.304. The standard InChI is InChI=1S/C23H25NO5S/c1-14(2)18-7-5-15(3)11-20(18)29-10-9-24-22(26)21(30-23(24)27)13-16-12-17(28-4)6-8-19(16)25/h5-8,11-14,25H,9-10H2,1-4H3/b21-13-. The van der Waals surface area contributed by atoms with Crippen molar-refractivity contribution in [3.8, 4) is 17.2 Å². The second-order valence-electron chi connectivity index (χ2n) is 7.30. The molecule has 6 nitrogen and oxygen atoms in total. The highest BCUT2D eigenvalue weighted by atomic mass is 32.2. The molecule has 1 aliphatic rings. The lowest BCUT2D eigenvalue weighted by molar-refractivity contribution is -0.123. The van der Waals surface area contributed by atoms with E-state index in [0.29, 0.717) is 17.2 Å². The van der Waals surface area contributed by atoms with E-state index in [-0.39, 0.29) is 29.0 Å². The first kappa shape index (κ1) is 21.8. The third-order valence-electron chi connectivity index (χ3n) is 4.76. The number of ether oxygens (including phenoxy) is 2. The van der Waals surface area contributed by atoms with Crippen LogP contribution in [0.15, 0.2) is 41.3 Å². The Hall–Kier alpha value is -2.93. The number of benzene rings is 2. The summed E-state index contributed by atoms with van der Waals surface area (Å²) in [6, 6.07) is 10.8. The number of nitrogens with zero attached hydrogens (tertiary/aromatic N) is 1. The van der Waals surface area contributed by atoms with Gasteiger partial charge < -0.3 is 14.6 Å². The van der Waals surface area contributed by atoms with Crippen LogP contribution in [-0.2, 0) is 4.79 Å². The van der Waals surface area contributed by atoms with Crippen molar-refractivity contribution >= 4 is 29.0 Å². The minimum atomic E-state index is -0.399. The maximum atomic E-state index is 12.7. The number of hydrogen-bond acceptors (Lipinski definition) is 6. The van der Waals surface area contributed by atoms with Gasteiger partial charge in [-0.25, -0.2) is 0 Å². The van der Waals surface area contributed by atoms with Gasteiger partial charge in [0.25, 0.3) is 11.1 Å². The summed E-state index contributed by atoms with van der Waals surface area (Å²) in [5, 5.41) is 9.67. The predicted molar refractivity (Wildman–Crippen MR) is 118 cm³/mol. The fourth-order valence-electron chi connectivity index (χ4n) is 3.10. The number of phenols is 1. The van der Waals surface area contributed by atoms with E-state index >= 15 is 0 Å². The highest BCUT2D eigenvalue weighted by Gasteiger charge is 2.35. The van der Waals surface area contributed by atoms with Gasteiger partial charge in [-0.1, -0.05) is 26.0 Å². The normalized spacial score (nSPS) is 15.4. The quantitative estimate of drug-likeness (QED) is 0.630. The predicted octanol–water partition coefficient (Wildman–Crippen LogP) is 4.95. The Labute approximate surface area is 180 Å². The van der Waals surface area contributed by atoms with Crippen molar-refractivity contribution in [2.75, 3.05) is 20.3 Å². The molecule has 0 bridgehead atoms. The van der Waals surface area contributed by atoms with E-state index in [9.17, 15) is 14.7 Å². The lowest BCUT2D eigenvalue weighted by Gasteiger charge is -2.17. The number of carbonyl (C=O) groups excluding carboxylic acids is 2. The van der Waals surface area contributed by atoms with Gasteiger partial charge in [0, 0.05) is 5.56 Å². The summed E-state index contributed by atoms with van der Waals surface area (Å²) in [4.78, 5) is 26.5. The van der Waals surface area contributed by atoms with Gasteiger partial charge in [0.1, 0.15) is 23.9 Å². The van der Waals surface area contributed by atoms with Crippen LogP contribution in [0.4, 0.5) is 4.79 Å². The third kappa shape index (κ3) is 4.79. The smallest absolute Gasteiger partial charge is 0.293 e. The summed E-state index contributed by atoms with van der Waals surface area (Å²) in [5.41, 5.74) is 2.59. The minimum absolute atomic E-state index is 0.00611. The van der Waals surface area contributed by atoms with Gasteiger partial charge in [0.2, 0.25) is 0 Å². The first-order valence-electron chi connectivity index (χ1n) is 9.66. The molecule has 1 aliphatic heterocycles. The summed E-state index contributed by atoms with van der Waals surface area (Å²) in [7, 11) is 1.52. The lowest BCUT2D eigenvalue weighted by atomic mass is 10.0. The number of hydrogen-bond donors (Lipinski definition) is 1. The molecule has 30 heavy (non-hydrogen) atoms. The first-order chi connectivity index (χ1) is 14.3. The number of carbonyl (C=O) groups is 2. The van der Waals surface area contributed by atoms with Crippen LogP contribution in [0.2, 0.25) is 0 Å². The number of rotatable bonds is 7. The second kappa shape index (κ2) is 9.26. The van der Waals surface area contributed by atoms with Crippen molar-refractivity contribution in [1.29, 1.82) is 0 Å². The molecule has 0 saturated carbocycles. The van der Waals surface area contributed by atoms with E-state index in [1.807, 2.05) is 25.1 Å². The zero-order valence-electron chi connectivity index (χ0n) is 17.5. The molecule has 0 aliphatic carbocycles. The Morgan fingerprint density at radius 3 is 2.63 bits per heavy atom. The first-order valence-corrected chi connectivity index (χ1v) is 10.5. The molecule has 2 aromatic carbocycles. The highest BCUT2D eigenvalue weighted by Crippen LogP contribution is 2.35. The van der Waals surface area contributed by atoms with E-state index in [1.165, 1.54) is 24.2 Å². The van der Waals surface area contributed by atoms with Crippen molar-refractivity contribution in [1.82, 2.24) is 4.90 Å². The van der Waals surface area contributed by atoms with Gasteiger partial charge in [-0.15, -0.1) is 0 Å². The molecule has 0 radical (unpaired) electrons. The van der Waals surface area contributed by atoms with E-state index in [2.05, 4.69) is 13.8 Å². The van der Waals surface area contributed by atoms with Crippen LogP contribution in [-0.4, -0.2) is 41.4 Å². The molecule has 1 heterocycles. The van der Waals surface area contributed by atoms with Crippen LogP contribution in [0.1, 0.15) is 36.5 Å². The summed E-state index contributed by atoms with van der Waals surface area (Å²) >= 11 is 0.847. The average molecular weight is 428 g/mol. The summed E-state index contributed by atoms with van der Waals surface area (Å²) in [5.74, 6) is 1.23. The van der Waals surface area contributed by atoms with Gasteiger partial charge in [0.15, 0.2) is 0 Å². The number of methoxy groups -OCH3 is 1. The van der Waals surface area contributed by atoms with Crippen molar-refractivity contribution in [2.45, 2.75) is 26.7 Å². The van der Waals surface area contributed by atoms with Crippen molar-refractivity contribution in [2.24, 2.45) is 0 Å². The Balaban J connectivity index is 1.70. The van der Waals surface area contributed by atoms with Gasteiger partial charge in [-0.3, -0.25) is 14.5 Å². The van der Waals surface area contributed by atoms with Crippen LogP contribution in [0.25, 0.3) is 6.08 Å². The molecule has 1 saturated heterocycles. The van der Waals surface area contributed by atoms with Crippen LogP contribution < -0.4 is 9.47 Å². The largest absolute Gasteiger partial charge is 0.507 e. The molecule has 158 valence electrons. The number of aryl methyl sites for hydroxylation is 1. The monoisotopic (exact) mass is 427 g/mol. The van der Waals surface area contributed by atoms with Crippen LogP contribution in [0, 0.1) is 6.92 Å². The second-order valence-corrected chi connectivity index (χ2v) is 8.30. The topological polar surface area (TPSA) is 76.1 Å². The fourth-order valence-corrected chi connectivity index (χ4v) is 3.96. The Morgan fingerprint density at radius 1 is 1.17 bits per heavy atom. The van der Waals surface area contributed by atoms with Gasteiger partial charge in [0.05, 0.1) is 18.6 Å². The van der Waals surface area contributed by atoms with Gasteiger partial charge in [-0.2, -0.15) is 0 Å². The lowest BCUT2D eigenvalue weighted by Crippen LogP contribution is -2.32. The molecule has 7 heteroatoms. The molecule has 0 unspecified atom stereocenters. The summed E-state index contributed by atoms with van der Waals surface area (Å²) in [6.07, 6.45) is 1.50. The minimum Gasteiger partial charge on any atom is -0.507 e. The molecule has 3 rings (SSSR count). The highest BCUT2D eigenvalue weighted by molar-refractivity contribution is 8.18. The average Bonchev–Trinajstić information content (AvgIpc) is 2.96. The Morgan fingerprint density at radius 2 is 1.93 bits per heavy atom. The Bertz CT molecular complexity index is 999. The number of imide groups is 1. The summed E-state index contributed by atoms with van der Waals surface area (Å²) in [6.45, 7) is 6.53. The van der Waals surface area contributed by atoms with E-state index in [1.54, 1.807) is 12.1 Å². The van der Waals surface area contributed by atoms with Crippen LogP contribution in [0.3, 0.4) is 0 Å². The molecule has 1 N–H and O–H groups in total. The molecule has 2 amide bonds. The van der Waals surface area contributed by atoms with E-state index in [0.717, 1.165) is 28.6 Å². The SMILES string of the molecule is COc1ccc(O)c(/C=C2\SC(=O)N(CCOc3cc(C)ccc3C(C)C)C2=O)c1. The van der Waals surface area contributed by atoms with Crippen molar-refractivity contribution in [3.05, 3.63) is 58.0 Å². The van der Waals surface area contributed by atoms with E-state index < -0.39 is 5.91 Å². The molecule has 0 spiro atoms. The molecular formula is C23H25NO5S. The van der Waals surface area contributed by atoms with Crippen LogP contribution >= 0.6 is 11.8 Å². The molecule has 0 atom stereocenters. The van der Waals surface area contributed by atoms with Crippen LogP contribution in [0.5, 0.6) is 17.2 Å². The number of thioether (sulfide) groups is 1. The van der Waals surface area contributed by atoms with Crippen molar-refractivity contribution in [3.63, 3.8) is 0 Å². The maximum absolute atomic E-state index is 12.7. The number of phenolic OH excluding ortho intramolecular Hbond substituents is 1. The molecular weight excluding hydrogens is 402 g/mol. The molecule has 2 aromatic rings. The maximum Gasteiger partial charge on any atom is 0.293 e. The number of amides is 2. The zero-order valence-corrected chi connectivity index (χ0v) is 18.3. The van der Waals surface area contributed by atoms with Gasteiger partial charge >= 0.3 is 0 Å². The van der Waals surface area contributed by atoms with E-state index in [4.69, 9.17) is 9.47 Å². The van der Waals surface area contributed by atoms with Gasteiger partial charge in [-0.05, 0) is 66.1 Å². The third-order valence-corrected chi connectivity index (χ3v) is 5.67. The number of aromatic hydroxyl groups is 1. The molecule has 1 fully saturated rings. The zero-order chi connectivity index (χ0) is 21.8. The van der Waals surface area contributed by atoms with Crippen molar-refractivity contribution < 1.29 is 24.2 Å². The Kier molecular flexibility index (Phi) is 6.72. The summed E-state index contributed by atoms with van der Waals surface area (Å²) < 4.78 is 11.1. The molecule has 0 aromatic heterocycles.